The van der Waals surface area contributed by atoms with Gasteiger partial charge in [-0.25, -0.2) is 4.98 Å². The van der Waals surface area contributed by atoms with Gasteiger partial charge < -0.3 is 14.1 Å². The fourth-order valence-electron chi connectivity index (χ4n) is 2.13. The molecule has 0 radical (unpaired) electrons. The van der Waals surface area contributed by atoms with Crippen LogP contribution in [0.25, 0.3) is 11.0 Å². The molecule has 1 atom stereocenters. The van der Waals surface area contributed by atoms with Crippen molar-refractivity contribution in [3.63, 3.8) is 0 Å². The van der Waals surface area contributed by atoms with E-state index in [-0.39, 0.29) is 0 Å². The van der Waals surface area contributed by atoms with Crippen LogP contribution in [0.2, 0.25) is 0 Å². The van der Waals surface area contributed by atoms with Gasteiger partial charge in [0, 0.05) is 36.8 Å². The number of aliphatic hydroxyl groups excluding tert-OH is 1. The first-order valence-electron chi connectivity index (χ1n) is 5.86. The number of para-hydroxylation sites is 1. The van der Waals surface area contributed by atoms with E-state index in [0.29, 0.717) is 6.42 Å². The Morgan fingerprint density at radius 2 is 2.22 bits per heavy atom. The van der Waals surface area contributed by atoms with E-state index in [1.54, 1.807) is 12.5 Å². The zero-order valence-corrected chi connectivity index (χ0v) is 10.1. The summed E-state index contributed by atoms with van der Waals surface area (Å²) in [7, 11) is 1.92. The molecule has 0 bridgehead atoms. The summed E-state index contributed by atoms with van der Waals surface area (Å²) in [5.74, 6) is 0.854. The molecule has 92 valence electrons. The summed E-state index contributed by atoms with van der Waals surface area (Å²) in [5.41, 5.74) is 1.61. The van der Waals surface area contributed by atoms with Gasteiger partial charge in [-0.05, 0) is 6.07 Å². The Balaban J connectivity index is 1.93. The number of rotatable bonds is 3. The van der Waals surface area contributed by atoms with Crippen molar-refractivity contribution in [2.45, 2.75) is 12.5 Å². The van der Waals surface area contributed by atoms with Crippen molar-refractivity contribution in [1.82, 2.24) is 9.55 Å². The van der Waals surface area contributed by atoms with Gasteiger partial charge in [-0.2, -0.15) is 0 Å². The molecule has 0 spiro atoms. The number of benzene rings is 1. The Labute approximate surface area is 104 Å². The van der Waals surface area contributed by atoms with E-state index in [2.05, 4.69) is 4.98 Å². The minimum absolute atomic E-state index is 0.479. The monoisotopic (exact) mass is 242 g/mol. The van der Waals surface area contributed by atoms with Crippen LogP contribution in [0, 0.1) is 0 Å². The van der Waals surface area contributed by atoms with Crippen molar-refractivity contribution >= 4 is 11.0 Å². The molecule has 0 aliphatic heterocycles. The topological polar surface area (TPSA) is 51.2 Å². The highest BCUT2D eigenvalue weighted by Gasteiger charge is 2.16. The molecular formula is C14H14N2O2. The zero-order valence-electron chi connectivity index (χ0n) is 10.1. The Bertz CT molecular complexity index is 669. The molecule has 1 unspecified atom stereocenters. The van der Waals surface area contributed by atoms with Gasteiger partial charge in [0.1, 0.15) is 11.4 Å². The molecule has 0 aliphatic carbocycles. The third-order valence-electron chi connectivity index (χ3n) is 3.17. The first kappa shape index (κ1) is 11.0. The largest absolute Gasteiger partial charge is 0.464 e. The first-order chi connectivity index (χ1) is 8.75. The van der Waals surface area contributed by atoms with Crippen molar-refractivity contribution in [3.05, 3.63) is 54.3 Å². The maximum Gasteiger partial charge on any atom is 0.134 e. The summed E-state index contributed by atoms with van der Waals surface area (Å²) in [6.45, 7) is 0. The second-order valence-electron chi connectivity index (χ2n) is 4.36. The van der Waals surface area contributed by atoms with E-state index in [9.17, 15) is 5.11 Å². The molecule has 2 aromatic heterocycles. The van der Waals surface area contributed by atoms with Crippen molar-refractivity contribution in [2.24, 2.45) is 7.05 Å². The number of fused-ring (bicyclic) bond motifs is 1. The summed E-state index contributed by atoms with van der Waals surface area (Å²) in [6, 6.07) is 7.71. The predicted octanol–water partition coefficient (Wildman–Crippen LogP) is 2.44. The highest BCUT2D eigenvalue weighted by Crippen LogP contribution is 2.27. The van der Waals surface area contributed by atoms with E-state index < -0.39 is 6.10 Å². The maximum absolute atomic E-state index is 10.3. The van der Waals surface area contributed by atoms with Gasteiger partial charge in [-0.3, -0.25) is 0 Å². The van der Waals surface area contributed by atoms with Crippen molar-refractivity contribution in [1.29, 1.82) is 0 Å². The number of aryl methyl sites for hydroxylation is 1. The third kappa shape index (κ3) is 1.80. The number of aromatic nitrogens is 2. The molecule has 1 aromatic carbocycles. The minimum atomic E-state index is -0.602. The third-order valence-corrected chi connectivity index (χ3v) is 3.17. The highest BCUT2D eigenvalue weighted by molar-refractivity contribution is 5.81. The smallest absolute Gasteiger partial charge is 0.134 e. The van der Waals surface area contributed by atoms with Gasteiger partial charge >= 0.3 is 0 Å². The highest BCUT2D eigenvalue weighted by atomic mass is 16.3. The van der Waals surface area contributed by atoms with Crippen LogP contribution in [0.5, 0.6) is 0 Å². The Kier molecular flexibility index (Phi) is 2.64. The van der Waals surface area contributed by atoms with E-state index in [1.165, 1.54) is 0 Å². The number of nitrogens with zero attached hydrogens (tertiary/aromatic N) is 2. The van der Waals surface area contributed by atoms with Gasteiger partial charge in [-0.15, -0.1) is 0 Å². The zero-order chi connectivity index (χ0) is 12.5. The van der Waals surface area contributed by atoms with Gasteiger partial charge in [0.05, 0.1) is 12.4 Å². The van der Waals surface area contributed by atoms with Crippen LogP contribution in [0.15, 0.2) is 47.3 Å². The molecule has 0 fully saturated rings. The number of imidazole rings is 1. The average molecular weight is 242 g/mol. The van der Waals surface area contributed by atoms with Crippen LogP contribution in [0.1, 0.15) is 17.5 Å². The molecule has 4 nitrogen and oxygen atoms in total. The van der Waals surface area contributed by atoms with Gasteiger partial charge in [0.2, 0.25) is 0 Å². The molecule has 3 rings (SSSR count). The van der Waals surface area contributed by atoms with Gasteiger partial charge in [-0.1, -0.05) is 18.2 Å². The van der Waals surface area contributed by atoms with E-state index in [4.69, 9.17) is 4.42 Å². The number of hydrogen-bond acceptors (Lipinski definition) is 3. The Morgan fingerprint density at radius 3 is 3.00 bits per heavy atom. The molecule has 3 aromatic rings. The van der Waals surface area contributed by atoms with E-state index >= 15 is 0 Å². The van der Waals surface area contributed by atoms with Crippen LogP contribution in [-0.4, -0.2) is 14.7 Å². The molecule has 0 saturated heterocycles. The van der Waals surface area contributed by atoms with Gasteiger partial charge in [0.15, 0.2) is 0 Å². The fraction of sp³-hybridized carbons (Fsp3) is 0.214. The van der Waals surface area contributed by atoms with Gasteiger partial charge in [0.25, 0.3) is 0 Å². The molecule has 0 amide bonds. The fourth-order valence-corrected chi connectivity index (χ4v) is 2.13. The lowest BCUT2D eigenvalue weighted by Crippen LogP contribution is -2.06. The number of hydrogen-bond donors (Lipinski definition) is 1. The number of aliphatic hydroxyl groups is 1. The normalized spacial score (nSPS) is 13.0. The molecule has 4 heteroatoms. The lowest BCUT2D eigenvalue weighted by atomic mass is 10.1. The standard InChI is InChI=1S/C14H14N2O2/c1-16-7-6-15-14(16)8-12(17)11-9-18-13-5-3-2-4-10(11)13/h2-7,9,12,17H,8H2,1H3. The molecule has 0 aliphatic rings. The van der Waals surface area contributed by atoms with Crippen LogP contribution in [0.3, 0.4) is 0 Å². The summed E-state index contributed by atoms with van der Waals surface area (Å²) in [6.07, 6.45) is 5.10. The summed E-state index contributed by atoms with van der Waals surface area (Å²) in [5, 5.41) is 11.2. The van der Waals surface area contributed by atoms with Crippen molar-refractivity contribution < 1.29 is 9.52 Å². The molecule has 2 heterocycles. The Morgan fingerprint density at radius 1 is 1.39 bits per heavy atom. The second kappa shape index (κ2) is 4.31. The Hall–Kier alpha value is -2.07. The lowest BCUT2D eigenvalue weighted by molar-refractivity contribution is 0.175. The van der Waals surface area contributed by atoms with E-state index in [0.717, 1.165) is 22.4 Å². The summed E-state index contributed by atoms with van der Waals surface area (Å²) < 4.78 is 7.34. The molecular weight excluding hydrogens is 228 g/mol. The average Bonchev–Trinajstić information content (AvgIpc) is 2.96. The molecule has 18 heavy (non-hydrogen) atoms. The van der Waals surface area contributed by atoms with Crippen molar-refractivity contribution in [3.8, 4) is 0 Å². The van der Waals surface area contributed by atoms with Crippen LogP contribution in [0.4, 0.5) is 0 Å². The van der Waals surface area contributed by atoms with E-state index in [1.807, 2.05) is 42.1 Å². The first-order valence-corrected chi connectivity index (χ1v) is 5.86. The number of furan rings is 1. The summed E-state index contributed by atoms with van der Waals surface area (Å²) >= 11 is 0. The summed E-state index contributed by atoms with van der Waals surface area (Å²) in [4.78, 5) is 4.22. The molecule has 0 saturated carbocycles. The minimum Gasteiger partial charge on any atom is -0.464 e. The van der Waals surface area contributed by atoms with Crippen molar-refractivity contribution in [2.75, 3.05) is 0 Å². The quantitative estimate of drug-likeness (QED) is 0.767. The molecule has 1 N–H and O–H groups in total. The maximum atomic E-state index is 10.3. The van der Waals surface area contributed by atoms with Crippen LogP contribution in [-0.2, 0) is 13.5 Å². The SMILES string of the molecule is Cn1ccnc1CC(O)c1coc2ccccc12. The second-order valence-corrected chi connectivity index (χ2v) is 4.36. The predicted molar refractivity (Wildman–Crippen MR) is 68.1 cm³/mol. The van der Waals surface area contributed by atoms with Crippen LogP contribution >= 0.6 is 0 Å². The van der Waals surface area contributed by atoms with Crippen LogP contribution < -0.4 is 0 Å². The lowest BCUT2D eigenvalue weighted by Gasteiger charge is -2.08.